The fourth-order valence-corrected chi connectivity index (χ4v) is 3.11. The van der Waals surface area contributed by atoms with Gasteiger partial charge in [0.1, 0.15) is 6.61 Å². The van der Waals surface area contributed by atoms with Gasteiger partial charge in [0.2, 0.25) is 0 Å². The molecule has 26 heavy (non-hydrogen) atoms. The van der Waals surface area contributed by atoms with E-state index in [1.165, 1.54) is 0 Å². The van der Waals surface area contributed by atoms with Crippen molar-refractivity contribution in [2.75, 3.05) is 13.7 Å². The molecule has 0 radical (unpaired) electrons. The number of methoxy groups -OCH3 is 1. The molecule has 1 aliphatic rings. The predicted octanol–water partition coefficient (Wildman–Crippen LogP) is 2.61. The Morgan fingerprint density at radius 2 is 2.12 bits per heavy atom. The molecule has 132 valence electrons. The van der Waals surface area contributed by atoms with Gasteiger partial charge in [-0.15, -0.1) is 0 Å². The number of hydrogen-bond donors (Lipinski definition) is 1. The van der Waals surface area contributed by atoms with E-state index in [0.29, 0.717) is 18.6 Å². The molecule has 1 atom stereocenters. The smallest absolute Gasteiger partial charge is 0.251 e. The Morgan fingerprint density at radius 3 is 2.85 bits per heavy atom. The van der Waals surface area contributed by atoms with E-state index >= 15 is 0 Å². The molecule has 2 aromatic carbocycles. The molecule has 2 heterocycles. The summed E-state index contributed by atoms with van der Waals surface area (Å²) < 4.78 is 13.0. The van der Waals surface area contributed by atoms with Crippen LogP contribution in [0, 0.1) is 0 Å². The summed E-state index contributed by atoms with van der Waals surface area (Å²) in [4.78, 5) is 16.6. The van der Waals surface area contributed by atoms with E-state index < -0.39 is 0 Å². The van der Waals surface area contributed by atoms with Crippen molar-refractivity contribution < 1.29 is 14.3 Å². The molecule has 6 nitrogen and oxygen atoms in total. The molecule has 0 saturated carbocycles. The first kappa shape index (κ1) is 16.2. The van der Waals surface area contributed by atoms with Crippen molar-refractivity contribution in [1.29, 1.82) is 0 Å². The van der Waals surface area contributed by atoms with Gasteiger partial charge in [-0.05, 0) is 36.8 Å². The van der Waals surface area contributed by atoms with Gasteiger partial charge >= 0.3 is 0 Å². The summed E-state index contributed by atoms with van der Waals surface area (Å²) in [6, 6.07) is 13.1. The van der Waals surface area contributed by atoms with Gasteiger partial charge in [0.05, 0.1) is 19.5 Å². The number of imidazole rings is 1. The molecule has 0 bridgehead atoms. The third kappa shape index (κ3) is 3.13. The number of ether oxygens (including phenoxy) is 2. The number of nitrogens with one attached hydrogen (secondary N) is 1. The van der Waals surface area contributed by atoms with E-state index in [1.807, 2.05) is 53.2 Å². The van der Waals surface area contributed by atoms with Crippen LogP contribution in [0.25, 0.3) is 5.69 Å². The standard InChI is InChI=1S/C20H19N3O3/c1-25-18-4-2-3-15-11-16(12-26-19(15)18)22-20(24)14-5-7-17(8-6-14)23-10-9-21-13-23/h2-10,13,16H,11-12H2,1H3,(H,22,24)/t16-/m1/s1. The van der Waals surface area contributed by atoms with Crippen molar-refractivity contribution in [3.05, 3.63) is 72.3 Å². The van der Waals surface area contributed by atoms with Crippen LogP contribution >= 0.6 is 0 Å². The van der Waals surface area contributed by atoms with Crippen molar-refractivity contribution in [3.63, 3.8) is 0 Å². The van der Waals surface area contributed by atoms with Crippen LogP contribution in [0.1, 0.15) is 15.9 Å². The minimum atomic E-state index is -0.109. The summed E-state index contributed by atoms with van der Waals surface area (Å²) in [5.74, 6) is 1.38. The predicted molar refractivity (Wildman–Crippen MR) is 97.0 cm³/mol. The van der Waals surface area contributed by atoms with E-state index in [-0.39, 0.29) is 11.9 Å². The molecule has 1 aromatic heterocycles. The lowest BCUT2D eigenvalue weighted by molar-refractivity contribution is 0.0914. The summed E-state index contributed by atoms with van der Waals surface area (Å²) >= 11 is 0. The molecule has 0 aliphatic carbocycles. The Kier molecular flexibility index (Phi) is 4.31. The number of nitrogens with zero attached hydrogens (tertiary/aromatic N) is 2. The molecule has 1 amide bonds. The van der Waals surface area contributed by atoms with Gasteiger partial charge in [0.25, 0.3) is 5.91 Å². The number of carbonyl (C=O) groups is 1. The van der Waals surface area contributed by atoms with Gasteiger partial charge in [-0.25, -0.2) is 4.98 Å². The van der Waals surface area contributed by atoms with Crippen LogP contribution in [-0.4, -0.2) is 35.2 Å². The zero-order chi connectivity index (χ0) is 17.9. The van der Waals surface area contributed by atoms with E-state index in [9.17, 15) is 4.79 Å². The van der Waals surface area contributed by atoms with Crippen LogP contribution in [0.5, 0.6) is 11.5 Å². The lowest BCUT2D eigenvalue weighted by Gasteiger charge is -2.27. The van der Waals surface area contributed by atoms with Gasteiger partial charge in [-0.3, -0.25) is 4.79 Å². The number of carbonyl (C=O) groups excluding carboxylic acids is 1. The number of benzene rings is 2. The number of hydrogen-bond acceptors (Lipinski definition) is 4. The van der Waals surface area contributed by atoms with Crippen LogP contribution in [0.3, 0.4) is 0 Å². The monoisotopic (exact) mass is 349 g/mol. The Hall–Kier alpha value is -3.28. The second-order valence-corrected chi connectivity index (χ2v) is 6.15. The van der Waals surface area contributed by atoms with E-state index in [4.69, 9.17) is 9.47 Å². The number of fused-ring (bicyclic) bond motifs is 1. The molecule has 4 rings (SSSR count). The molecule has 1 N–H and O–H groups in total. The highest BCUT2D eigenvalue weighted by atomic mass is 16.5. The Balaban J connectivity index is 1.44. The lowest BCUT2D eigenvalue weighted by atomic mass is 10.0. The van der Waals surface area contributed by atoms with Crippen LogP contribution < -0.4 is 14.8 Å². The maximum atomic E-state index is 12.5. The SMILES string of the molecule is COc1cccc2c1OC[C@H](NC(=O)c1ccc(-n3ccnc3)cc1)C2. The molecule has 1 aliphatic heterocycles. The zero-order valence-electron chi connectivity index (χ0n) is 14.4. The van der Waals surface area contributed by atoms with Crippen molar-refractivity contribution in [1.82, 2.24) is 14.9 Å². The fraction of sp³-hybridized carbons (Fsp3) is 0.200. The number of amides is 1. The second-order valence-electron chi connectivity index (χ2n) is 6.15. The summed E-state index contributed by atoms with van der Waals surface area (Å²) in [7, 11) is 1.63. The lowest BCUT2D eigenvalue weighted by Crippen LogP contribution is -2.42. The summed E-state index contributed by atoms with van der Waals surface area (Å²) in [6.45, 7) is 0.423. The molecule has 0 spiro atoms. The first-order chi connectivity index (χ1) is 12.7. The molecule has 0 fully saturated rings. The van der Waals surface area contributed by atoms with Gasteiger partial charge in [-0.1, -0.05) is 12.1 Å². The Labute approximate surface area is 151 Å². The van der Waals surface area contributed by atoms with Gasteiger partial charge in [0, 0.05) is 29.2 Å². The van der Waals surface area contributed by atoms with Gasteiger partial charge in [-0.2, -0.15) is 0 Å². The highest BCUT2D eigenvalue weighted by molar-refractivity contribution is 5.94. The van der Waals surface area contributed by atoms with Gasteiger partial charge in [0.15, 0.2) is 11.5 Å². The molecular weight excluding hydrogens is 330 g/mol. The third-order valence-corrected chi connectivity index (χ3v) is 4.44. The topological polar surface area (TPSA) is 65.4 Å². The highest BCUT2D eigenvalue weighted by Crippen LogP contribution is 2.34. The van der Waals surface area contributed by atoms with E-state index in [2.05, 4.69) is 10.3 Å². The Bertz CT molecular complexity index is 905. The second kappa shape index (κ2) is 6.92. The first-order valence-corrected chi connectivity index (χ1v) is 8.42. The van der Waals surface area contributed by atoms with Crippen molar-refractivity contribution in [2.24, 2.45) is 0 Å². The summed E-state index contributed by atoms with van der Waals surface area (Å²) in [5, 5.41) is 3.04. The van der Waals surface area contributed by atoms with E-state index in [0.717, 1.165) is 22.7 Å². The molecular formula is C20H19N3O3. The minimum Gasteiger partial charge on any atom is -0.493 e. The minimum absolute atomic E-state index is 0.0737. The normalized spacial score (nSPS) is 15.7. The Morgan fingerprint density at radius 1 is 1.27 bits per heavy atom. The van der Waals surface area contributed by atoms with E-state index in [1.54, 1.807) is 19.6 Å². The summed E-state index contributed by atoms with van der Waals surface area (Å²) in [6.07, 6.45) is 6.02. The van der Waals surface area contributed by atoms with Crippen molar-refractivity contribution >= 4 is 5.91 Å². The van der Waals surface area contributed by atoms with Crippen LogP contribution in [0.4, 0.5) is 0 Å². The van der Waals surface area contributed by atoms with Crippen molar-refractivity contribution in [3.8, 4) is 17.2 Å². The maximum Gasteiger partial charge on any atom is 0.251 e. The molecule has 0 saturated heterocycles. The highest BCUT2D eigenvalue weighted by Gasteiger charge is 2.24. The molecule has 6 heteroatoms. The number of aromatic nitrogens is 2. The molecule has 3 aromatic rings. The van der Waals surface area contributed by atoms with Gasteiger partial charge < -0.3 is 19.4 Å². The zero-order valence-corrected chi connectivity index (χ0v) is 14.4. The van der Waals surface area contributed by atoms with Crippen LogP contribution in [0.2, 0.25) is 0 Å². The van der Waals surface area contributed by atoms with Crippen LogP contribution in [0.15, 0.2) is 61.2 Å². The number of para-hydroxylation sites is 1. The third-order valence-electron chi connectivity index (χ3n) is 4.44. The largest absolute Gasteiger partial charge is 0.493 e. The molecule has 0 unspecified atom stereocenters. The average Bonchev–Trinajstić information content (AvgIpc) is 3.22. The van der Waals surface area contributed by atoms with Crippen molar-refractivity contribution in [2.45, 2.75) is 12.5 Å². The average molecular weight is 349 g/mol. The first-order valence-electron chi connectivity index (χ1n) is 8.42. The fourth-order valence-electron chi connectivity index (χ4n) is 3.11. The summed E-state index contributed by atoms with van der Waals surface area (Å²) in [5.41, 5.74) is 2.61. The van der Waals surface area contributed by atoms with Crippen LogP contribution in [-0.2, 0) is 6.42 Å². The number of rotatable bonds is 4. The quantitative estimate of drug-likeness (QED) is 0.786. The maximum absolute atomic E-state index is 12.5.